The third kappa shape index (κ3) is 1.73. The largest absolute Gasteiger partial charge is 0.333 e. The highest BCUT2D eigenvalue weighted by atomic mass is 16.2. The molecule has 1 aliphatic heterocycles. The van der Waals surface area contributed by atoms with Crippen molar-refractivity contribution in [2.75, 3.05) is 13.1 Å². The zero-order valence-corrected chi connectivity index (χ0v) is 10.9. The van der Waals surface area contributed by atoms with Crippen LogP contribution in [0.1, 0.15) is 40.5 Å². The minimum absolute atomic E-state index is 0.309. The van der Waals surface area contributed by atoms with Gasteiger partial charge in [-0.05, 0) is 26.7 Å². The van der Waals surface area contributed by atoms with Crippen molar-refractivity contribution in [3.8, 4) is 0 Å². The molecular formula is C12H20N2O3. The predicted octanol–water partition coefficient (Wildman–Crippen LogP) is 1.62. The monoisotopic (exact) mass is 240 g/mol. The fourth-order valence-corrected chi connectivity index (χ4v) is 2.34. The molecule has 0 aromatic carbocycles. The fraction of sp³-hybridized carbons (Fsp3) is 0.750. The first-order chi connectivity index (χ1) is 7.99. The molecule has 0 unspecified atom stereocenters. The van der Waals surface area contributed by atoms with E-state index in [0.29, 0.717) is 25.9 Å². The Kier molecular flexibility index (Phi) is 3.91. The van der Waals surface area contributed by atoms with Crippen molar-refractivity contribution < 1.29 is 14.4 Å². The maximum atomic E-state index is 12.3. The molecule has 1 fully saturated rings. The lowest BCUT2D eigenvalue weighted by atomic mass is 9.78. The third-order valence-corrected chi connectivity index (χ3v) is 3.61. The molecule has 96 valence electrons. The second-order valence-corrected chi connectivity index (χ2v) is 4.17. The molecule has 1 rings (SSSR count). The highest BCUT2D eigenvalue weighted by Crippen LogP contribution is 2.35. The number of carbonyl (C=O) groups is 3. The van der Waals surface area contributed by atoms with Gasteiger partial charge in [0.2, 0.25) is 11.8 Å². The number of nitrogens with zero attached hydrogens (tertiary/aromatic N) is 2. The Morgan fingerprint density at radius 2 is 1.18 bits per heavy atom. The van der Waals surface area contributed by atoms with Crippen LogP contribution < -0.4 is 0 Å². The van der Waals surface area contributed by atoms with E-state index in [-0.39, 0.29) is 11.8 Å². The average Bonchev–Trinajstić information content (AvgIpc) is 2.32. The molecule has 5 heteroatoms. The summed E-state index contributed by atoms with van der Waals surface area (Å²) in [5, 5.41) is 0. The number of amides is 4. The summed E-state index contributed by atoms with van der Waals surface area (Å²) in [5.74, 6) is -0.686. The Labute approximate surface area is 102 Å². The number of barbiturate groups is 1. The van der Waals surface area contributed by atoms with E-state index < -0.39 is 11.4 Å². The minimum atomic E-state index is -1.04. The summed E-state index contributed by atoms with van der Waals surface area (Å²) in [6, 6.07) is -0.484. The molecule has 0 spiro atoms. The molecule has 1 aliphatic rings. The van der Waals surface area contributed by atoms with Crippen LogP contribution in [0.15, 0.2) is 0 Å². The molecule has 17 heavy (non-hydrogen) atoms. The summed E-state index contributed by atoms with van der Waals surface area (Å²) >= 11 is 0. The van der Waals surface area contributed by atoms with Gasteiger partial charge in [0.25, 0.3) is 0 Å². The van der Waals surface area contributed by atoms with E-state index >= 15 is 0 Å². The molecule has 0 bridgehead atoms. The summed E-state index contributed by atoms with van der Waals surface area (Å²) in [6.45, 7) is 7.74. The van der Waals surface area contributed by atoms with Gasteiger partial charge in [-0.3, -0.25) is 19.4 Å². The quantitative estimate of drug-likeness (QED) is 0.702. The second-order valence-electron chi connectivity index (χ2n) is 4.17. The molecule has 0 radical (unpaired) electrons. The number of rotatable bonds is 4. The molecule has 0 aromatic rings. The first-order valence-electron chi connectivity index (χ1n) is 6.17. The molecule has 4 amide bonds. The van der Waals surface area contributed by atoms with Gasteiger partial charge in [-0.25, -0.2) is 4.79 Å². The Bertz CT molecular complexity index is 320. The number of hydrogen-bond donors (Lipinski definition) is 0. The van der Waals surface area contributed by atoms with Gasteiger partial charge in [0.05, 0.1) is 0 Å². The summed E-state index contributed by atoms with van der Waals surface area (Å²) < 4.78 is 0. The van der Waals surface area contributed by atoms with Gasteiger partial charge in [-0.2, -0.15) is 0 Å². The lowest BCUT2D eigenvalue weighted by Gasteiger charge is -2.42. The topological polar surface area (TPSA) is 57.7 Å². The zero-order chi connectivity index (χ0) is 13.2. The molecule has 0 aliphatic carbocycles. The molecule has 0 saturated carbocycles. The number of imide groups is 2. The summed E-state index contributed by atoms with van der Waals surface area (Å²) in [5.41, 5.74) is -1.04. The van der Waals surface area contributed by atoms with Crippen LogP contribution in [0.4, 0.5) is 4.79 Å². The van der Waals surface area contributed by atoms with Crippen molar-refractivity contribution in [2.24, 2.45) is 5.41 Å². The van der Waals surface area contributed by atoms with Gasteiger partial charge >= 0.3 is 6.03 Å². The summed E-state index contributed by atoms with van der Waals surface area (Å²) in [7, 11) is 0. The zero-order valence-electron chi connectivity index (χ0n) is 10.9. The van der Waals surface area contributed by atoms with Crippen molar-refractivity contribution in [3.63, 3.8) is 0 Å². The normalized spacial score (nSPS) is 20.1. The van der Waals surface area contributed by atoms with Crippen LogP contribution in [0, 0.1) is 5.41 Å². The first-order valence-corrected chi connectivity index (χ1v) is 6.17. The minimum Gasteiger partial charge on any atom is -0.273 e. The Balaban J connectivity index is 3.27. The van der Waals surface area contributed by atoms with E-state index in [9.17, 15) is 14.4 Å². The molecule has 1 heterocycles. The van der Waals surface area contributed by atoms with Crippen LogP contribution in [0.3, 0.4) is 0 Å². The smallest absolute Gasteiger partial charge is 0.273 e. The standard InChI is InChI=1S/C12H20N2O3/c1-5-12(6-2)9(15)13(7-3)11(17)14(8-4)10(12)16/h5-8H2,1-4H3. The number of urea groups is 1. The van der Waals surface area contributed by atoms with Crippen molar-refractivity contribution in [3.05, 3.63) is 0 Å². The van der Waals surface area contributed by atoms with Crippen molar-refractivity contribution in [2.45, 2.75) is 40.5 Å². The average molecular weight is 240 g/mol. The van der Waals surface area contributed by atoms with Gasteiger partial charge in [-0.15, -0.1) is 0 Å². The second kappa shape index (κ2) is 4.85. The number of carbonyl (C=O) groups excluding carboxylic acids is 3. The molecule has 5 nitrogen and oxygen atoms in total. The van der Waals surface area contributed by atoms with Crippen molar-refractivity contribution in [1.82, 2.24) is 9.80 Å². The van der Waals surface area contributed by atoms with Gasteiger partial charge in [-0.1, -0.05) is 13.8 Å². The van der Waals surface area contributed by atoms with Crippen molar-refractivity contribution >= 4 is 17.8 Å². The van der Waals surface area contributed by atoms with Crippen molar-refractivity contribution in [1.29, 1.82) is 0 Å². The van der Waals surface area contributed by atoms with Gasteiger partial charge in [0, 0.05) is 13.1 Å². The predicted molar refractivity (Wildman–Crippen MR) is 63.2 cm³/mol. The van der Waals surface area contributed by atoms with Gasteiger partial charge in [0.15, 0.2) is 0 Å². The Hall–Kier alpha value is -1.39. The van der Waals surface area contributed by atoms with Crippen LogP contribution in [-0.2, 0) is 9.59 Å². The van der Waals surface area contributed by atoms with E-state index in [1.165, 1.54) is 9.80 Å². The maximum absolute atomic E-state index is 12.3. The lowest BCUT2D eigenvalue weighted by molar-refractivity contribution is -0.159. The van der Waals surface area contributed by atoms with Crippen LogP contribution in [0.5, 0.6) is 0 Å². The number of hydrogen-bond acceptors (Lipinski definition) is 3. The molecule has 0 aromatic heterocycles. The van der Waals surface area contributed by atoms with E-state index in [4.69, 9.17) is 0 Å². The molecule has 0 N–H and O–H groups in total. The molecule has 0 atom stereocenters. The molecular weight excluding hydrogens is 220 g/mol. The van der Waals surface area contributed by atoms with Crippen LogP contribution in [-0.4, -0.2) is 40.7 Å². The molecule has 1 saturated heterocycles. The van der Waals surface area contributed by atoms with Crippen LogP contribution >= 0.6 is 0 Å². The van der Waals surface area contributed by atoms with Gasteiger partial charge < -0.3 is 0 Å². The first kappa shape index (κ1) is 13.7. The van der Waals surface area contributed by atoms with Crippen LogP contribution in [0.25, 0.3) is 0 Å². The van der Waals surface area contributed by atoms with E-state index in [1.54, 1.807) is 13.8 Å². The van der Waals surface area contributed by atoms with E-state index in [1.807, 2.05) is 13.8 Å². The van der Waals surface area contributed by atoms with Crippen LogP contribution in [0.2, 0.25) is 0 Å². The Morgan fingerprint density at radius 3 is 1.41 bits per heavy atom. The summed E-state index contributed by atoms with van der Waals surface area (Å²) in [6.07, 6.45) is 0.864. The van der Waals surface area contributed by atoms with Gasteiger partial charge in [0.1, 0.15) is 5.41 Å². The highest BCUT2D eigenvalue weighted by Gasteiger charge is 2.54. The SMILES string of the molecule is CCN1C(=O)N(CC)C(=O)C(CC)(CC)C1=O. The maximum Gasteiger partial charge on any atom is 0.333 e. The van der Waals surface area contributed by atoms with E-state index in [2.05, 4.69) is 0 Å². The third-order valence-electron chi connectivity index (χ3n) is 3.61. The lowest BCUT2D eigenvalue weighted by Crippen LogP contribution is -2.64. The fourth-order valence-electron chi connectivity index (χ4n) is 2.34. The summed E-state index contributed by atoms with van der Waals surface area (Å²) in [4.78, 5) is 38.9. The highest BCUT2D eigenvalue weighted by molar-refractivity contribution is 6.18. The Morgan fingerprint density at radius 1 is 0.824 bits per heavy atom. The van der Waals surface area contributed by atoms with E-state index in [0.717, 1.165) is 0 Å².